The number of nitrogens with zero attached hydrogens (tertiary/aromatic N) is 3. The monoisotopic (exact) mass is 249 g/mol. The van der Waals surface area contributed by atoms with Gasteiger partial charge in [-0.3, -0.25) is 0 Å². The maximum atomic E-state index is 4.41. The number of anilines is 1. The van der Waals surface area contributed by atoms with E-state index in [2.05, 4.69) is 45.2 Å². The van der Waals surface area contributed by atoms with Crippen LogP contribution < -0.4 is 5.32 Å². The minimum absolute atomic E-state index is 0.501. The van der Waals surface area contributed by atoms with Gasteiger partial charge in [0.25, 0.3) is 0 Å². The van der Waals surface area contributed by atoms with Crippen LogP contribution in [0.4, 0.5) is 5.82 Å². The second kappa shape index (κ2) is 5.18. The van der Waals surface area contributed by atoms with E-state index in [-0.39, 0.29) is 0 Å². The maximum Gasteiger partial charge on any atom is 0.191 e. The number of nitrogens with one attached hydrogen (secondary N) is 2. The van der Waals surface area contributed by atoms with Gasteiger partial charge in [0.15, 0.2) is 16.6 Å². The second-order valence-corrected chi connectivity index (χ2v) is 4.68. The van der Waals surface area contributed by atoms with Gasteiger partial charge in [-0.15, -0.1) is 0 Å². The molecule has 5 nitrogen and oxygen atoms in total. The van der Waals surface area contributed by atoms with Gasteiger partial charge in [0.05, 0.1) is 6.33 Å². The highest BCUT2D eigenvalue weighted by Crippen LogP contribution is 2.20. The summed E-state index contributed by atoms with van der Waals surface area (Å²) >= 11 is 1.50. The van der Waals surface area contributed by atoms with Crippen molar-refractivity contribution in [2.24, 2.45) is 5.92 Å². The lowest BCUT2D eigenvalue weighted by Crippen LogP contribution is -1.97. The van der Waals surface area contributed by atoms with E-state index in [0.717, 1.165) is 11.3 Å². The van der Waals surface area contributed by atoms with E-state index in [1.54, 1.807) is 6.33 Å². The van der Waals surface area contributed by atoms with Crippen LogP contribution in [0, 0.1) is 5.92 Å². The molecule has 17 heavy (non-hydrogen) atoms. The van der Waals surface area contributed by atoms with Crippen molar-refractivity contribution in [3.63, 3.8) is 0 Å². The first-order valence-electron chi connectivity index (χ1n) is 5.39. The molecule has 0 bridgehead atoms. The lowest BCUT2D eigenvalue weighted by Gasteiger charge is -2.03. The highest BCUT2D eigenvalue weighted by atomic mass is 32.2. The van der Waals surface area contributed by atoms with Crippen molar-refractivity contribution in [2.75, 3.05) is 11.6 Å². The van der Waals surface area contributed by atoms with Gasteiger partial charge in [0.2, 0.25) is 0 Å². The van der Waals surface area contributed by atoms with Gasteiger partial charge >= 0.3 is 0 Å². The summed E-state index contributed by atoms with van der Waals surface area (Å²) in [7, 11) is 0. The number of rotatable bonds is 4. The van der Waals surface area contributed by atoms with Crippen molar-refractivity contribution in [1.29, 1.82) is 0 Å². The van der Waals surface area contributed by atoms with Gasteiger partial charge in [-0.2, -0.15) is 0 Å². The van der Waals surface area contributed by atoms with Crippen LogP contribution in [0.15, 0.2) is 23.8 Å². The number of allylic oxidation sites excluding steroid dienone is 1. The van der Waals surface area contributed by atoms with Crippen molar-refractivity contribution >= 4 is 28.7 Å². The summed E-state index contributed by atoms with van der Waals surface area (Å²) in [6.45, 7) is 4.24. The Hall–Kier alpha value is -1.56. The molecule has 2 aromatic rings. The highest BCUT2D eigenvalue weighted by molar-refractivity contribution is 7.98. The smallest absolute Gasteiger partial charge is 0.191 e. The van der Waals surface area contributed by atoms with Crippen LogP contribution in [-0.4, -0.2) is 26.2 Å². The molecule has 90 valence electrons. The summed E-state index contributed by atoms with van der Waals surface area (Å²) in [5, 5.41) is 3.88. The molecule has 0 aliphatic rings. The molecule has 2 aromatic heterocycles. The third-order valence-electron chi connectivity index (χ3n) is 2.15. The van der Waals surface area contributed by atoms with Crippen molar-refractivity contribution in [3.8, 4) is 0 Å². The van der Waals surface area contributed by atoms with Crippen molar-refractivity contribution in [3.05, 3.63) is 18.6 Å². The Morgan fingerprint density at radius 3 is 2.94 bits per heavy atom. The molecule has 0 unspecified atom stereocenters. The predicted molar refractivity (Wildman–Crippen MR) is 71.1 cm³/mol. The first kappa shape index (κ1) is 11.9. The Balaban J connectivity index is 2.33. The summed E-state index contributed by atoms with van der Waals surface area (Å²) in [4.78, 5) is 15.9. The molecule has 0 aromatic carbocycles. The standard InChI is InChI=1S/C11H15N5S/c1-7(2)4-5-12-9-8-10(14-6-13-8)16-11(15-9)17-3/h4-7H,1-3H3,(H2,12,13,14,15,16). The van der Waals surface area contributed by atoms with Gasteiger partial charge in [-0.05, 0) is 18.4 Å². The van der Waals surface area contributed by atoms with Gasteiger partial charge in [0, 0.05) is 0 Å². The van der Waals surface area contributed by atoms with Crippen LogP contribution in [0.3, 0.4) is 0 Å². The summed E-state index contributed by atoms with van der Waals surface area (Å²) in [5.74, 6) is 1.26. The molecule has 0 radical (unpaired) electrons. The number of H-pyrrole nitrogens is 1. The van der Waals surface area contributed by atoms with E-state index in [1.807, 2.05) is 12.5 Å². The summed E-state index contributed by atoms with van der Waals surface area (Å²) < 4.78 is 0. The number of aromatic amines is 1. The van der Waals surface area contributed by atoms with Crippen LogP contribution in [0.1, 0.15) is 13.8 Å². The topological polar surface area (TPSA) is 66.5 Å². The molecule has 2 N–H and O–H groups in total. The number of imidazole rings is 1. The zero-order valence-electron chi connectivity index (χ0n) is 10.1. The van der Waals surface area contributed by atoms with E-state index < -0.39 is 0 Å². The normalized spacial score (nSPS) is 11.8. The molecule has 0 spiro atoms. The Morgan fingerprint density at radius 1 is 1.41 bits per heavy atom. The van der Waals surface area contributed by atoms with Crippen LogP contribution in [0.25, 0.3) is 11.2 Å². The van der Waals surface area contributed by atoms with Crippen molar-refractivity contribution in [2.45, 2.75) is 19.0 Å². The van der Waals surface area contributed by atoms with Crippen molar-refractivity contribution in [1.82, 2.24) is 19.9 Å². The largest absolute Gasteiger partial charge is 0.345 e. The third-order valence-corrected chi connectivity index (χ3v) is 2.70. The SMILES string of the molecule is CSc1nc(NC=CC(C)C)c2[nH]cnc2n1. The molecule has 0 saturated carbocycles. The van der Waals surface area contributed by atoms with Crippen LogP contribution >= 0.6 is 11.8 Å². The number of fused-ring (bicyclic) bond motifs is 1. The van der Waals surface area contributed by atoms with E-state index in [1.165, 1.54) is 11.8 Å². The number of hydrogen-bond donors (Lipinski definition) is 2. The molecule has 0 aliphatic carbocycles. The zero-order chi connectivity index (χ0) is 12.3. The summed E-state index contributed by atoms with van der Waals surface area (Å²) in [5.41, 5.74) is 1.51. The average Bonchev–Trinajstić information content (AvgIpc) is 2.76. The minimum atomic E-state index is 0.501. The molecule has 2 heterocycles. The lowest BCUT2D eigenvalue weighted by atomic mass is 10.2. The fraction of sp³-hybridized carbons (Fsp3) is 0.364. The number of hydrogen-bond acceptors (Lipinski definition) is 5. The molecular weight excluding hydrogens is 234 g/mol. The molecule has 6 heteroatoms. The summed E-state index contributed by atoms with van der Waals surface area (Å²) in [6, 6.07) is 0. The maximum absolute atomic E-state index is 4.41. The molecule has 0 saturated heterocycles. The summed E-state index contributed by atoms with van der Waals surface area (Å²) in [6.07, 6.45) is 7.54. The Bertz CT molecular complexity index is 532. The number of aromatic nitrogens is 4. The minimum Gasteiger partial charge on any atom is -0.345 e. The molecular formula is C11H15N5S. The molecule has 0 aliphatic heterocycles. The first-order valence-corrected chi connectivity index (χ1v) is 6.61. The van der Waals surface area contributed by atoms with E-state index in [9.17, 15) is 0 Å². The lowest BCUT2D eigenvalue weighted by molar-refractivity contribution is 0.830. The molecule has 2 rings (SSSR count). The van der Waals surface area contributed by atoms with E-state index in [0.29, 0.717) is 16.7 Å². The second-order valence-electron chi connectivity index (χ2n) is 3.91. The van der Waals surface area contributed by atoms with Crippen LogP contribution in [0.2, 0.25) is 0 Å². The predicted octanol–water partition coefficient (Wildman–Crippen LogP) is 2.66. The first-order chi connectivity index (χ1) is 8.20. The average molecular weight is 249 g/mol. The van der Waals surface area contributed by atoms with Gasteiger partial charge in [-0.1, -0.05) is 31.7 Å². The fourth-order valence-corrected chi connectivity index (χ4v) is 1.69. The van der Waals surface area contributed by atoms with E-state index in [4.69, 9.17) is 0 Å². The fourth-order valence-electron chi connectivity index (χ4n) is 1.33. The van der Waals surface area contributed by atoms with E-state index >= 15 is 0 Å². The molecule has 0 amide bonds. The quantitative estimate of drug-likeness (QED) is 0.644. The molecule has 0 atom stereocenters. The zero-order valence-corrected chi connectivity index (χ0v) is 10.9. The third kappa shape index (κ3) is 2.76. The Labute approximate surface area is 104 Å². The van der Waals surface area contributed by atoms with Crippen molar-refractivity contribution < 1.29 is 0 Å². The Kier molecular flexibility index (Phi) is 3.63. The highest BCUT2D eigenvalue weighted by Gasteiger charge is 2.07. The van der Waals surface area contributed by atoms with Gasteiger partial charge < -0.3 is 10.3 Å². The van der Waals surface area contributed by atoms with Gasteiger partial charge in [-0.25, -0.2) is 15.0 Å². The number of thioether (sulfide) groups is 1. The van der Waals surface area contributed by atoms with Gasteiger partial charge in [0.1, 0.15) is 5.52 Å². The molecule has 0 fully saturated rings. The Morgan fingerprint density at radius 2 is 2.24 bits per heavy atom. The van der Waals surface area contributed by atoms with Crippen LogP contribution in [0.5, 0.6) is 0 Å². The van der Waals surface area contributed by atoms with Crippen LogP contribution in [-0.2, 0) is 0 Å².